The maximum absolute atomic E-state index is 13.1. The molecule has 0 bridgehead atoms. The molecule has 0 saturated carbocycles. The Balaban J connectivity index is 1.60. The zero-order valence-corrected chi connectivity index (χ0v) is 18.6. The largest absolute Gasteiger partial charge is 0.347 e. The summed E-state index contributed by atoms with van der Waals surface area (Å²) in [6, 6.07) is 31.9. The molecule has 0 spiro atoms. The van der Waals surface area contributed by atoms with Gasteiger partial charge in [0.15, 0.2) is 0 Å². The molecular weight excluding hydrogens is 420 g/mol. The molecule has 5 heteroatoms. The van der Waals surface area contributed by atoms with Gasteiger partial charge in [-0.15, -0.1) is 0 Å². The van der Waals surface area contributed by atoms with Gasteiger partial charge in [0.05, 0.1) is 11.2 Å². The molecule has 3 N–H and O–H groups in total. The highest BCUT2D eigenvalue weighted by Gasteiger charge is 2.17. The van der Waals surface area contributed by atoms with E-state index in [0.717, 1.165) is 39.0 Å². The third-order valence-electron chi connectivity index (χ3n) is 5.80. The van der Waals surface area contributed by atoms with Crippen molar-refractivity contribution < 1.29 is 4.79 Å². The van der Waals surface area contributed by atoms with E-state index in [0.29, 0.717) is 24.2 Å². The maximum Gasteiger partial charge on any atom is 0.270 e. The quantitative estimate of drug-likeness (QED) is 0.370. The highest BCUT2D eigenvalue weighted by molar-refractivity contribution is 6.06. The van der Waals surface area contributed by atoms with Crippen molar-refractivity contribution in [1.29, 1.82) is 0 Å². The van der Waals surface area contributed by atoms with Crippen LogP contribution in [0.4, 0.5) is 0 Å². The van der Waals surface area contributed by atoms with Crippen LogP contribution in [0.1, 0.15) is 21.6 Å². The first-order valence-electron chi connectivity index (χ1n) is 11.2. The summed E-state index contributed by atoms with van der Waals surface area (Å²) in [5.41, 5.74) is 12.8. The molecule has 1 amide bonds. The van der Waals surface area contributed by atoms with Gasteiger partial charge in [-0.25, -0.2) is 4.98 Å². The van der Waals surface area contributed by atoms with Crippen molar-refractivity contribution in [2.75, 3.05) is 0 Å². The van der Waals surface area contributed by atoms with E-state index < -0.39 is 0 Å². The zero-order chi connectivity index (χ0) is 23.3. The summed E-state index contributed by atoms with van der Waals surface area (Å²) in [6.45, 7) is 0.923. The molecule has 166 valence electrons. The predicted molar refractivity (Wildman–Crippen MR) is 136 cm³/mol. The third kappa shape index (κ3) is 4.42. The lowest BCUT2D eigenvalue weighted by Gasteiger charge is -2.14. The molecule has 5 aromatic rings. The van der Waals surface area contributed by atoms with Crippen molar-refractivity contribution in [2.45, 2.75) is 13.1 Å². The van der Waals surface area contributed by atoms with Gasteiger partial charge in [-0.3, -0.25) is 9.78 Å². The number of pyridine rings is 2. The van der Waals surface area contributed by atoms with Crippen molar-refractivity contribution in [1.82, 2.24) is 15.3 Å². The number of fused-ring (bicyclic) bond motifs is 1. The topological polar surface area (TPSA) is 80.9 Å². The number of benzene rings is 3. The Bertz CT molecular complexity index is 1430. The van der Waals surface area contributed by atoms with Gasteiger partial charge < -0.3 is 11.1 Å². The van der Waals surface area contributed by atoms with Gasteiger partial charge in [0.1, 0.15) is 5.69 Å². The molecular formula is C29H24N4O. The number of carbonyl (C=O) groups is 1. The average molecular weight is 445 g/mol. The maximum atomic E-state index is 13.1. The van der Waals surface area contributed by atoms with Crippen molar-refractivity contribution >= 4 is 16.8 Å². The molecule has 0 aliphatic rings. The van der Waals surface area contributed by atoms with E-state index in [1.54, 1.807) is 6.20 Å². The Kier molecular flexibility index (Phi) is 6.10. The van der Waals surface area contributed by atoms with Crippen molar-refractivity contribution in [3.05, 3.63) is 120 Å². The molecule has 0 aliphatic heterocycles. The Labute approximate surface area is 198 Å². The minimum atomic E-state index is -0.227. The number of carbonyl (C=O) groups excluding carboxylic acids is 1. The average Bonchev–Trinajstić information content (AvgIpc) is 2.91. The van der Waals surface area contributed by atoms with Crippen LogP contribution in [0, 0.1) is 0 Å². The number of nitrogens with zero attached hydrogens (tertiary/aromatic N) is 2. The molecule has 5 rings (SSSR count). The lowest BCUT2D eigenvalue weighted by molar-refractivity contribution is 0.0948. The minimum Gasteiger partial charge on any atom is -0.347 e. The smallest absolute Gasteiger partial charge is 0.270 e. The van der Waals surface area contributed by atoms with Crippen LogP contribution in [-0.4, -0.2) is 15.9 Å². The first-order chi connectivity index (χ1) is 16.7. The number of hydrogen-bond donors (Lipinski definition) is 2. The van der Waals surface area contributed by atoms with E-state index >= 15 is 0 Å². The molecule has 5 nitrogen and oxygen atoms in total. The molecule has 2 aromatic heterocycles. The van der Waals surface area contributed by atoms with E-state index in [4.69, 9.17) is 10.7 Å². The second-order valence-electron chi connectivity index (χ2n) is 8.05. The van der Waals surface area contributed by atoms with Crippen LogP contribution in [0.5, 0.6) is 0 Å². The van der Waals surface area contributed by atoms with Crippen LogP contribution in [0.15, 0.2) is 103 Å². The van der Waals surface area contributed by atoms with Gasteiger partial charge in [0.25, 0.3) is 5.91 Å². The fourth-order valence-corrected chi connectivity index (χ4v) is 4.00. The fraction of sp³-hybridized carbons (Fsp3) is 0.0690. The molecule has 34 heavy (non-hydrogen) atoms. The molecule has 3 aromatic carbocycles. The summed E-state index contributed by atoms with van der Waals surface area (Å²) >= 11 is 0. The first kappa shape index (κ1) is 21.5. The van der Waals surface area contributed by atoms with Gasteiger partial charge in [0, 0.05) is 35.8 Å². The van der Waals surface area contributed by atoms with E-state index in [1.165, 1.54) is 0 Å². The number of nitrogens with two attached hydrogens (primary N) is 1. The Morgan fingerprint density at radius 2 is 1.50 bits per heavy atom. The zero-order valence-electron chi connectivity index (χ0n) is 18.6. The summed E-state index contributed by atoms with van der Waals surface area (Å²) in [4.78, 5) is 22.5. The van der Waals surface area contributed by atoms with Crippen LogP contribution in [0.3, 0.4) is 0 Å². The van der Waals surface area contributed by atoms with Crippen LogP contribution >= 0.6 is 0 Å². The second kappa shape index (κ2) is 9.65. The van der Waals surface area contributed by atoms with E-state index in [9.17, 15) is 4.79 Å². The highest BCUT2D eigenvalue weighted by atomic mass is 16.1. The third-order valence-corrected chi connectivity index (χ3v) is 5.80. The molecule has 0 radical (unpaired) electrons. The van der Waals surface area contributed by atoms with Gasteiger partial charge in [0.2, 0.25) is 0 Å². The summed E-state index contributed by atoms with van der Waals surface area (Å²) in [5.74, 6) is -0.227. The lowest BCUT2D eigenvalue weighted by atomic mass is 9.96. The number of amides is 1. The van der Waals surface area contributed by atoms with E-state index in [1.807, 2.05) is 97.1 Å². The number of nitrogens with one attached hydrogen (secondary N) is 1. The van der Waals surface area contributed by atoms with Crippen molar-refractivity contribution in [3.8, 4) is 22.4 Å². The molecule has 0 unspecified atom stereocenters. The molecule has 0 aliphatic carbocycles. The Morgan fingerprint density at radius 3 is 2.21 bits per heavy atom. The SMILES string of the molecule is NCc1ccc(-c2nc3ccnc(C(=O)NCc4ccccc4)c3cc2-c2ccccc2)cc1. The normalized spacial score (nSPS) is 10.9. The van der Waals surface area contributed by atoms with Crippen LogP contribution in [0.25, 0.3) is 33.3 Å². The monoisotopic (exact) mass is 444 g/mol. The fourth-order valence-electron chi connectivity index (χ4n) is 4.00. The Hall–Kier alpha value is -4.35. The van der Waals surface area contributed by atoms with Gasteiger partial charge in [-0.2, -0.15) is 0 Å². The summed E-state index contributed by atoms with van der Waals surface area (Å²) in [7, 11) is 0. The molecule has 0 fully saturated rings. The van der Waals surface area contributed by atoms with Crippen molar-refractivity contribution in [3.63, 3.8) is 0 Å². The number of hydrogen-bond acceptors (Lipinski definition) is 4. The molecule has 0 atom stereocenters. The standard InChI is InChI=1S/C29H24N4O/c30-18-20-11-13-23(14-12-20)27-24(22-9-5-2-6-10-22)17-25-26(33-27)15-16-31-28(25)29(34)32-19-21-7-3-1-4-8-21/h1-17H,18-19,30H2,(H,32,34). The minimum absolute atomic E-state index is 0.227. The van der Waals surface area contributed by atoms with Gasteiger partial charge in [-0.1, -0.05) is 84.9 Å². The number of aromatic nitrogens is 2. The lowest BCUT2D eigenvalue weighted by Crippen LogP contribution is -2.24. The summed E-state index contributed by atoms with van der Waals surface area (Å²) in [5, 5.41) is 3.70. The van der Waals surface area contributed by atoms with E-state index in [-0.39, 0.29) is 5.91 Å². The number of rotatable bonds is 6. The van der Waals surface area contributed by atoms with Crippen LogP contribution in [0.2, 0.25) is 0 Å². The molecule has 0 saturated heterocycles. The summed E-state index contributed by atoms with van der Waals surface area (Å²) < 4.78 is 0. The van der Waals surface area contributed by atoms with Gasteiger partial charge >= 0.3 is 0 Å². The first-order valence-corrected chi connectivity index (χ1v) is 11.2. The predicted octanol–water partition coefficient (Wildman–Crippen LogP) is 5.35. The Morgan fingerprint density at radius 1 is 0.794 bits per heavy atom. The molecule has 2 heterocycles. The van der Waals surface area contributed by atoms with Gasteiger partial charge in [-0.05, 0) is 28.8 Å². The van der Waals surface area contributed by atoms with E-state index in [2.05, 4.69) is 10.3 Å². The van der Waals surface area contributed by atoms with Crippen LogP contribution in [-0.2, 0) is 13.1 Å². The van der Waals surface area contributed by atoms with Crippen LogP contribution < -0.4 is 11.1 Å². The van der Waals surface area contributed by atoms with Crippen molar-refractivity contribution in [2.24, 2.45) is 5.73 Å². The second-order valence-corrected chi connectivity index (χ2v) is 8.05. The highest BCUT2D eigenvalue weighted by Crippen LogP contribution is 2.34. The summed E-state index contributed by atoms with van der Waals surface area (Å²) in [6.07, 6.45) is 1.64.